The van der Waals surface area contributed by atoms with Crippen LogP contribution < -0.4 is 15.9 Å². The molecule has 0 aromatic heterocycles. The van der Waals surface area contributed by atoms with Crippen LogP contribution in [-0.2, 0) is 6.42 Å². The average molecular weight is 382 g/mol. The van der Waals surface area contributed by atoms with Crippen molar-refractivity contribution in [1.29, 1.82) is 0 Å². The predicted molar refractivity (Wildman–Crippen MR) is 126 cm³/mol. The Morgan fingerprint density at radius 1 is 0.500 bits per heavy atom. The predicted octanol–water partition coefficient (Wildman–Crippen LogP) is 6.00. The van der Waals surface area contributed by atoms with Gasteiger partial charge in [-0.05, 0) is 42.7 Å². The number of aryl methyl sites for hydroxylation is 2. The fourth-order valence-electron chi connectivity index (χ4n) is 3.00. The lowest BCUT2D eigenvalue weighted by Crippen LogP contribution is -2.20. The van der Waals surface area contributed by atoms with Gasteiger partial charge >= 0.3 is 0 Å². The minimum Gasteiger partial charge on any atom is -0.0622 e. The zero-order chi connectivity index (χ0) is 19.6. The lowest BCUT2D eigenvalue weighted by Gasteiger charge is -2.18. The Hall–Kier alpha value is -2.69. The van der Waals surface area contributed by atoms with Gasteiger partial charge in [-0.2, -0.15) is 0 Å². The maximum atomic E-state index is 2.23. The number of benzene rings is 4. The molecule has 0 radical (unpaired) electrons. The molecule has 0 amide bonds. The summed E-state index contributed by atoms with van der Waals surface area (Å²) in [6, 6.07) is 41.0. The van der Waals surface area contributed by atoms with Gasteiger partial charge in [0, 0.05) is 0 Å². The minimum absolute atomic E-state index is 0.446. The van der Waals surface area contributed by atoms with E-state index in [1.54, 1.807) is 0 Å². The molecule has 0 aliphatic carbocycles. The average Bonchev–Trinajstić information content (AvgIpc) is 2.77. The third kappa shape index (κ3) is 5.65. The highest BCUT2D eigenvalue weighted by atomic mass is 31.1. The van der Waals surface area contributed by atoms with Crippen LogP contribution in [0.3, 0.4) is 0 Å². The maximum absolute atomic E-state index is 2.23. The van der Waals surface area contributed by atoms with Crippen molar-refractivity contribution >= 4 is 23.8 Å². The molecule has 28 heavy (non-hydrogen) atoms. The monoisotopic (exact) mass is 382 g/mol. The smallest absolute Gasteiger partial charge is 0.0134 e. The third-order valence-corrected chi connectivity index (χ3v) is 7.02. The van der Waals surface area contributed by atoms with Crippen LogP contribution in [0.2, 0.25) is 0 Å². The van der Waals surface area contributed by atoms with E-state index in [1.165, 1.54) is 27.0 Å². The van der Waals surface area contributed by atoms with Crippen molar-refractivity contribution in [2.24, 2.45) is 0 Å². The molecule has 0 saturated carbocycles. The van der Waals surface area contributed by atoms with Crippen molar-refractivity contribution < 1.29 is 0 Å². The molecular formula is C27H27P. The Bertz CT molecular complexity index is 836. The molecule has 0 bridgehead atoms. The summed E-state index contributed by atoms with van der Waals surface area (Å²) in [6.45, 7) is 4.28. The summed E-state index contributed by atoms with van der Waals surface area (Å²) in [5.74, 6) is 0. The molecule has 0 fully saturated rings. The zero-order valence-electron chi connectivity index (χ0n) is 16.6. The van der Waals surface area contributed by atoms with Crippen LogP contribution >= 0.6 is 7.92 Å². The molecule has 0 unspecified atom stereocenters. The molecule has 0 nitrogen and oxygen atoms in total. The first-order chi connectivity index (χ1) is 13.8. The van der Waals surface area contributed by atoms with Gasteiger partial charge < -0.3 is 0 Å². The molecule has 1 heteroatoms. The van der Waals surface area contributed by atoms with Crippen LogP contribution in [-0.4, -0.2) is 0 Å². The van der Waals surface area contributed by atoms with Crippen molar-refractivity contribution in [3.8, 4) is 0 Å². The van der Waals surface area contributed by atoms with Gasteiger partial charge in [-0.3, -0.25) is 0 Å². The first-order valence-electron chi connectivity index (χ1n) is 9.78. The van der Waals surface area contributed by atoms with E-state index in [4.69, 9.17) is 0 Å². The summed E-state index contributed by atoms with van der Waals surface area (Å²) in [5, 5.41) is 4.19. The minimum atomic E-state index is -0.446. The molecule has 4 aromatic rings. The van der Waals surface area contributed by atoms with Crippen LogP contribution in [0.1, 0.15) is 18.1 Å². The van der Waals surface area contributed by atoms with Crippen molar-refractivity contribution in [1.82, 2.24) is 0 Å². The van der Waals surface area contributed by atoms with Gasteiger partial charge in [-0.25, -0.2) is 0 Å². The Balaban J connectivity index is 0.000000211. The Morgan fingerprint density at radius 2 is 0.857 bits per heavy atom. The van der Waals surface area contributed by atoms with Gasteiger partial charge in [0.2, 0.25) is 0 Å². The van der Waals surface area contributed by atoms with Crippen LogP contribution in [0.5, 0.6) is 0 Å². The largest absolute Gasteiger partial charge is 0.0622 e. The van der Waals surface area contributed by atoms with E-state index in [1.807, 2.05) is 0 Å². The second kappa shape index (κ2) is 10.6. The number of hydrogen-bond acceptors (Lipinski definition) is 0. The molecule has 140 valence electrons. The summed E-state index contributed by atoms with van der Waals surface area (Å²) in [7, 11) is -0.446. The quantitative estimate of drug-likeness (QED) is 0.380. The standard InChI is InChI=1S/C18H15P.C9H12/c1-4-10-16(11-5-1)19(17-12-6-2-7-13-17)18-14-8-3-9-15-18;1-3-9-6-4-8(2)5-7-9/h1-15H;4-7H,3H2,1-2H3. The first kappa shape index (κ1) is 20.1. The highest BCUT2D eigenvalue weighted by molar-refractivity contribution is 7.79. The highest BCUT2D eigenvalue weighted by Crippen LogP contribution is 2.32. The lowest BCUT2D eigenvalue weighted by molar-refractivity contribution is 1.14. The Morgan fingerprint density at radius 3 is 1.18 bits per heavy atom. The first-order valence-corrected chi connectivity index (χ1v) is 11.1. The van der Waals surface area contributed by atoms with Crippen molar-refractivity contribution in [2.45, 2.75) is 20.3 Å². The van der Waals surface area contributed by atoms with E-state index in [0.717, 1.165) is 6.42 Å². The lowest BCUT2D eigenvalue weighted by atomic mass is 10.1. The second-order valence-corrected chi connectivity index (χ2v) is 8.90. The zero-order valence-corrected chi connectivity index (χ0v) is 17.5. The van der Waals surface area contributed by atoms with Gasteiger partial charge in [0.1, 0.15) is 0 Å². The van der Waals surface area contributed by atoms with Crippen LogP contribution in [0.25, 0.3) is 0 Å². The van der Waals surface area contributed by atoms with Crippen molar-refractivity contribution in [3.05, 3.63) is 126 Å². The molecule has 4 aromatic carbocycles. The van der Waals surface area contributed by atoms with Crippen molar-refractivity contribution in [2.75, 3.05) is 0 Å². The molecule has 0 atom stereocenters. The van der Waals surface area contributed by atoms with Gasteiger partial charge in [0.15, 0.2) is 0 Å². The third-order valence-electron chi connectivity index (χ3n) is 4.57. The second-order valence-electron chi connectivity index (χ2n) is 6.68. The summed E-state index contributed by atoms with van der Waals surface area (Å²) >= 11 is 0. The summed E-state index contributed by atoms with van der Waals surface area (Å²) in [4.78, 5) is 0. The molecule has 0 aliphatic rings. The van der Waals surface area contributed by atoms with E-state index >= 15 is 0 Å². The molecule has 0 N–H and O–H groups in total. The van der Waals surface area contributed by atoms with Gasteiger partial charge in [0.05, 0.1) is 0 Å². The van der Waals surface area contributed by atoms with Crippen molar-refractivity contribution in [3.63, 3.8) is 0 Å². The molecule has 0 heterocycles. The molecule has 0 aliphatic heterocycles. The normalized spacial score (nSPS) is 10.2. The molecular weight excluding hydrogens is 355 g/mol. The topological polar surface area (TPSA) is 0 Å². The highest BCUT2D eigenvalue weighted by Gasteiger charge is 2.14. The summed E-state index contributed by atoms with van der Waals surface area (Å²) in [6.07, 6.45) is 1.14. The Kier molecular flexibility index (Phi) is 7.59. The Labute approximate surface area is 170 Å². The fourth-order valence-corrected chi connectivity index (χ4v) is 5.31. The summed E-state index contributed by atoms with van der Waals surface area (Å²) < 4.78 is 0. The molecule has 4 rings (SSSR count). The van der Waals surface area contributed by atoms with Crippen LogP contribution in [0.4, 0.5) is 0 Å². The SMILES string of the molecule is CCc1ccc(C)cc1.c1ccc(P(c2ccccc2)c2ccccc2)cc1. The van der Waals surface area contributed by atoms with Gasteiger partial charge in [-0.15, -0.1) is 0 Å². The van der Waals surface area contributed by atoms with Gasteiger partial charge in [-0.1, -0.05) is 128 Å². The van der Waals surface area contributed by atoms with Crippen LogP contribution in [0.15, 0.2) is 115 Å². The van der Waals surface area contributed by atoms with Gasteiger partial charge in [0.25, 0.3) is 0 Å². The molecule has 0 saturated heterocycles. The fraction of sp³-hybridized carbons (Fsp3) is 0.111. The van der Waals surface area contributed by atoms with Crippen LogP contribution in [0, 0.1) is 6.92 Å². The van der Waals surface area contributed by atoms with E-state index in [0.29, 0.717) is 0 Å². The summed E-state index contributed by atoms with van der Waals surface area (Å²) in [5.41, 5.74) is 2.76. The maximum Gasteiger partial charge on any atom is -0.0134 e. The molecule has 0 spiro atoms. The van der Waals surface area contributed by atoms with E-state index in [2.05, 4.69) is 129 Å². The van der Waals surface area contributed by atoms with E-state index in [-0.39, 0.29) is 0 Å². The number of hydrogen-bond donors (Lipinski definition) is 0. The van der Waals surface area contributed by atoms with E-state index in [9.17, 15) is 0 Å². The number of rotatable bonds is 4. The van der Waals surface area contributed by atoms with E-state index < -0.39 is 7.92 Å².